The maximum Gasteiger partial charge on any atom is 0.0521 e. The number of nitrogens with zero attached hydrogens (tertiary/aromatic N) is 1. The highest BCUT2D eigenvalue weighted by atomic mass is 31.0. The van der Waals surface area contributed by atoms with Crippen LogP contribution in [0.5, 0.6) is 0 Å². The summed E-state index contributed by atoms with van der Waals surface area (Å²) in [4.78, 5) is 6.76. The van der Waals surface area contributed by atoms with Gasteiger partial charge in [0.05, 0.1) is 11.0 Å². The molecule has 0 amide bonds. The van der Waals surface area contributed by atoms with Crippen LogP contribution < -0.4 is 0 Å². The van der Waals surface area contributed by atoms with Crippen LogP contribution in [0, 0.1) is 0 Å². The van der Waals surface area contributed by atoms with Crippen molar-refractivity contribution in [2.45, 2.75) is 0 Å². The fourth-order valence-corrected chi connectivity index (χ4v) is 6.00. The zero-order valence-electron chi connectivity index (χ0n) is 21.9. The summed E-state index contributed by atoms with van der Waals surface area (Å²) in [6, 6.07) is 50.4. The topological polar surface area (TPSA) is 36.5 Å². The molecule has 0 radical (unpaired) electrons. The molecule has 40 heavy (non-hydrogen) atoms. The van der Waals surface area contributed by atoms with Crippen LogP contribution >= 0.6 is 9.39 Å². The van der Waals surface area contributed by atoms with Gasteiger partial charge in [-0.1, -0.05) is 109 Å². The first-order valence-electron chi connectivity index (χ1n) is 13.4. The number of para-hydroxylation sites is 6. The molecule has 0 aliphatic carbocycles. The summed E-state index contributed by atoms with van der Waals surface area (Å²) in [6.07, 6.45) is 0. The minimum Gasteiger partial charge on any atom is -0.355 e. The molecule has 0 fully saturated rings. The smallest absolute Gasteiger partial charge is 0.0521 e. The number of hydrogen-bond donors (Lipinski definition) is 2. The van der Waals surface area contributed by atoms with E-state index in [0.717, 1.165) is 0 Å². The van der Waals surface area contributed by atoms with E-state index in [1.54, 1.807) is 0 Å². The van der Waals surface area contributed by atoms with Gasteiger partial charge in [0, 0.05) is 54.4 Å². The number of H-pyrrole nitrogens is 2. The van der Waals surface area contributed by atoms with Crippen LogP contribution in [0.25, 0.3) is 65.4 Å². The molecule has 0 aliphatic rings. The van der Waals surface area contributed by atoms with Gasteiger partial charge in [0.25, 0.3) is 0 Å². The maximum atomic E-state index is 3.38. The van der Waals surface area contributed by atoms with Gasteiger partial charge in [-0.3, -0.25) is 0 Å². The van der Waals surface area contributed by atoms with Crippen molar-refractivity contribution in [3.8, 4) is 0 Å². The minimum atomic E-state index is 1.21. The summed E-state index contributed by atoms with van der Waals surface area (Å²) >= 11 is 0. The molecule has 2 N–H and O–H groups in total. The zero-order chi connectivity index (χ0) is 26.9. The number of rotatable bonds is 0. The van der Waals surface area contributed by atoms with E-state index in [4.69, 9.17) is 0 Å². The first-order chi connectivity index (χ1) is 19.8. The third-order valence-corrected chi connectivity index (χ3v) is 8.00. The lowest BCUT2D eigenvalue weighted by Gasteiger charge is -1.95. The maximum absolute atomic E-state index is 3.38. The van der Waals surface area contributed by atoms with Gasteiger partial charge in [0.1, 0.15) is 0 Å². The number of nitrogens with one attached hydrogen (secondary N) is 2. The van der Waals surface area contributed by atoms with E-state index < -0.39 is 0 Å². The molecule has 0 aliphatic heterocycles. The van der Waals surface area contributed by atoms with E-state index in [9.17, 15) is 0 Å². The van der Waals surface area contributed by atoms with Crippen molar-refractivity contribution >= 4 is 74.8 Å². The van der Waals surface area contributed by atoms with Gasteiger partial charge in [-0.25, -0.2) is 0 Å². The van der Waals surface area contributed by atoms with Crippen LogP contribution in [0.3, 0.4) is 0 Å². The van der Waals surface area contributed by atoms with Crippen molar-refractivity contribution in [1.29, 1.82) is 0 Å². The lowest BCUT2D eigenvalue weighted by molar-refractivity contribution is 1.43. The Morgan fingerprint density at radius 2 is 0.575 bits per heavy atom. The summed E-state index contributed by atoms with van der Waals surface area (Å²) in [5.41, 5.74) is 7.37. The summed E-state index contributed by atoms with van der Waals surface area (Å²) < 4.78 is 2.16. The number of aromatic nitrogens is 3. The second kappa shape index (κ2) is 10.4. The Morgan fingerprint density at radius 1 is 0.325 bits per heavy atom. The van der Waals surface area contributed by atoms with Crippen LogP contribution in [-0.2, 0) is 0 Å². The molecular weight excluding hydrogens is 505 g/mol. The Balaban J connectivity index is 0.0000000993. The highest BCUT2D eigenvalue weighted by molar-refractivity contribution is 7.15. The van der Waals surface area contributed by atoms with Crippen molar-refractivity contribution in [1.82, 2.24) is 14.3 Å². The first-order valence-corrected chi connectivity index (χ1v) is 13.9. The molecule has 3 nitrogen and oxygen atoms in total. The monoisotopic (exact) mass is 533 g/mol. The van der Waals surface area contributed by atoms with Gasteiger partial charge in [-0.05, 0) is 45.8 Å². The van der Waals surface area contributed by atoms with Crippen molar-refractivity contribution in [2.24, 2.45) is 0 Å². The highest BCUT2D eigenvalue weighted by Gasteiger charge is 2.05. The van der Waals surface area contributed by atoms with Crippen molar-refractivity contribution in [2.75, 3.05) is 0 Å². The quantitative estimate of drug-likeness (QED) is 0.182. The Morgan fingerprint density at radius 3 is 0.900 bits per heavy atom. The van der Waals surface area contributed by atoms with Crippen LogP contribution in [0.4, 0.5) is 0 Å². The molecule has 0 saturated heterocycles. The van der Waals surface area contributed by atoms with E-state index in [0.29, 0.717) is 0 Å². The lowest BCUT2D eigenvalue weighted by atomic mass is 10.2. The van der Waals surface area contributed by atoms with Gasteiger partial charge in [-0.15, -0.1) is 0 Å². The fourth-order valence-electron chi connectivity index (χ4n) is 5.55. The van der Waals surface area contributed by atoms with Crippen LogP contribution in [0.15, 0.2) is 146 Å². The second-order valence-corrected chi connectivity index (χ2v) is 10.4. The number of fused-ring (bicyclic) bond motifs is 9. The van der Waals surface area contributed by atoms with E-state index in [1.165, 1.54) is 65.4 Å². The van der Waals surface area contributed by atoms with E-state index in [2.05, 4.69) is 169 Å². The molecule has 9 aromatic rings. The van der Waals surface area contributed by atoms with Gasteiger partial charge in [-0.2, -0.15) is 0 Å². The predicted molar refractivity (Wildman–Crippen MR) is 176 cm³/mol. The Bertz CT molecular complexity index is 1990. The van der Waals surface area contributed by atoms with Gasteiger partial charge in [0.2, 0.25) is 0 Å². The molecule has 4 heteroatoms. The second-order valence-electron chi connectivity index (χ2n) is 9.84. The van der Waals surface area contributed by atoms with Crippen LogP contribution in [-0.4, -0.2) is 14.3 Å². The Labute approximate surface area is 234 Å². The predicted octanol–water partition coefficient (Wildman–Crippen LogP) is 10.1. The van der Waals surface area contributed by atoms with Crippen molar-refractivity contribution < 1.29 is 0 Å². The lowest BCUT2D eigenvalue weighted by Crippen LogP contribution is -1.75. The number of hydrogen-bond acceptors (Lipinski definition) is 0. The van der Waals surface area contributed by atoms with E-state index in [1.807, 2.05) is 0 Å². The largest absolute Gasteiger partial charge is 0.355 e. The Hall–Kier alpha value is -4.85. The fraction of sp³-hybridized carbons (Fsp3) is 0. The third-order valence-electron chi connectivity index (χ3n) is 7.44. The van der Waals surface area contributed by atoms with Crippen molar-refractivity contribution in [3.05, 3.63) is 146 Å². The molecule has 3 heterocycles. The summed E-state index contributed by atoms with van der Waals surface area (Å²) in [5.74, 6) is 0. The van der Waals surface area contributed by atoms with Gasteiger partial charge >= 0.3 is 0 Å². The Kier molecular flexibility index (Phi) is 6.28. The van der Waals surface area contributed by atoms with Crippen molar-refractivity contribution in [3.63, 3.8) is 0 Å². The molecule has 1 atom stereocenters. The normalized spacial score (nSPS) is 11.1. The van der Waals surface area contributed by atoms with Crippen LogP contribution in [0.2, 0.25) is 0 Å². The number of aromatic amines is 2. The summed E-state index contributed by atoms with van der Waals surface area (Å²) in [6.45, 7) is 0. The van der Waals surface area contributed by atoms with E-state index >= 15 is 0 Å². The molecule has 192 valence electrons. The molecular formula is C36H28N3P. The average Bonchev–Trinajstić information content (AvgIpc) is 3.68. The highest BCUT2D eigenvalue weighted by Crippen LogP contribution is 2.30. The molecule has 6 aromatic carbocycles. The molecule has 3 aromatic heterocycles. The molecule has 0 saturated carbocycles. The summed E-state index contributed by atoms with van der Waals surface area (Å²) in [5, 5.41) is 7.85. The first kappa shape index (κ1) is 24.2. The van der Waals surface area contributed by atoms with Gasteiger partial charge < -0.3 is 14.3 Å². The molecule has 0 bridgehead atoms. The zero-order valence-corrected chi connectivity index (χ0v) is 23.0. The molecule has 1 unspecified atom stereocenters. The molecule has 0 spiro atoms. The van der Waals surface area contributed by atoms with E-state index in [-0.39, 0.29) is 0 Å². The number of benzene rings is 6. The summed E-state index contributed by atoms with van der Waals surface area (Å²) in [7, 11) is 2.76. The van der Waals surface area contributed by atoms with Crippen LogP contribution in [0.1, 0.15) is 0 Å². The standard InChI is InChI=1S/C12H10NP.2C12H9N/c14-13-11-7-3-1-5-9(11)10-6-2-4-8-12(10)13;2*1-3-7-11-9(5-1)10-6-2-4-8-12(10)13-11/h1-8H,14H2;2*1-8,13H. The minimum absolute atomic E-state index is 1.21. The third kappa shape index (κ3) is 4.31. The molecule has 9 rings (SSSR count). The van der Waals surface area contributed by atoms with Gasteiger partial charge in [0.15, 0.2) is 0 Å². The SMILES string of the molecule is Pn1c2ccccc2c2ccccc21.c1ccc2c(c1)[nH]c1ccccc12.c1ccc2c(c1)[nH]c1ccccc12. The average molecular weight is 534 g/mol.